The number of nitrogens with zero attached hydrogens (tertiary/aromatic N) is 2. The zero-order valence-electron chi connectivity index (χ0n) is 11.8. The van der Waals surface area contributed by atoms with Gasteiger partial charge in [0.15, 0.2) is 0 Å². The lowest BCUT2D eigenvalue weighted by molar-refractivity contribution is -0.385. The molecule has 2 aromatic carbocycles. The van der Waals surface area contributed by atoms with E-state index < -0.39 is 14.9 Å². The molecular formula is C15H14N2O4S. The van der Waals surface area contributed by atoms with E-state index in [-0.39, 0.29) is 16.6 Å². The number of non-ortho nitro benzene ring substituents is 1. The summed E-state index contributed by atoms with van der Waals surface area (Å²) in [5.74, 6) is 0. The highest BCUT2D eigenvalue weighted by atomic mass is 32.2. The van der Waals surface area contributed by atoms with Gasteiger partial charge in [-0.25, -0.2) is 8.42 Å². The van der Waals surface area contributed by atoms with Crippen LogP contribution < -0.4 is 0 Å². The van der Waals surface area contributed by atoms with Gasteiger partial charge in [-0.3, -0.25) is 10.1 Å². The Morgan fingerprint density at radius 3 is 2.50 bits per heavy atom. The number of aryl methyl sites for hydroxylation is 1. The predicted molar refractivity (Wildman–Crippen MR) is 80.9 cm³/mol. The molecule has 1 aliphatic rings. The summed E-state index contributed by atoms with van der Waals surface area (Å²) >= 11 is 0. The van der Waals surface area contributed by atoms with E-state index in [1.807, 2.05) is 31.2 Å². The molecule has 0 bridgehead atoms. The number of hydrogen-bond donors (Lipinski definition) is 0. The Kier molecular flexibility index (Phi) is 3.46. The van der Waals surface area contributed by atoms with Crippen LogP contribution in [0.15, 0.2) is 53.4 Å². The smallest absolute Gasteiger partial charge is 0.258 e. The molecule has 2 unspecified atom stereocenters. The molecule has 3 rings (SSSR count). The minimum atomic E-state index is -3.70. The molecule has 1 aliphatic heterocycles. The molecule has 2 atom stereocenters. The second-order valence-corrected chi connectivity index (χ2v) is 7.15. The van der Waals surface area contributed by atoms with Gasteiger partial charge >= 0.3 is 0 Å². The van der Waals surface area contributed by atoms with Gasteiger partial charge in [-0.05, 0) is 18.6 Å². The normalized spacial score (nSPS) is 20.6. The van der Waals surface area contributed by atoms with Crippen LogP contribution in [0.4, 0.5) is 5.69 Å². The summed E-state index contributed by atoms with van der Waals surface area (Å²) in [6.45, 7) is 2.36. The molecule has 2 aromatic rings. The summed E-state index contributed by atoms with van der Waals surface area (Å²) in [7, 11) is -3.70. The van der Waals surface area contributed by atoms with E-state index in [0.29, 0.717) is 6.54 Å². The molecule has 1 saturated heterocycles. The third kappa shape index (κ3) is 2.60. The van der Waals surface area contributed by atoms with Gasteiger partial charge in [-0.1, -0.05) is 35.9 Å². The number of nitro benzene ring substituents is 1. The van der Waals surface area contributed by atoms with Crippen molar-refractivity contribution in [2.24, 2.45) is 0 Å². The number of rotatable bonds is 4. The summed E-state index contributed by atoms with van der Waals surface area (Å²) < 4.78 is 26.4. The molecule has 0 radical (unpaired) electrons. The third-order valence-electron chi connectivity index (χ3n) is 3.66. The number of benzene rings is 2. The summed E-state index contributed by atoms with van der Waals surface area (Å²) in [5.41, 5.74) is 1.81. The molecule has 6 nitrogen and oxygen atoms in total. The molecular weight excluding hydrogens is 304 g/mol. The van der Waals surface area contributed by atoms with Crippen molar-refractivity contribution in [2.45, 2.75) is 17.9 Å². The first-order valence-corrected chi connectivity index (χ1v) is 8.16. The number of hydrogen-bond acceptors (Lipinski definition) is 4. The molecule has 7 heteroatoms. The van der Waals surface area contributed by atoms with Crippen LogP contribution in [0, 0.1) is 17.0 Å². The van der Waals surface area contributed by atoms with Crippen molar-refractivity contribution in [1.29, 1.82) is 0 Å². The van der Waals surface area contributed by atoms with Crippen LogP contribution in [0.5, 0.6) is 0 Å². The van der Waals surface area contributed by atoms with Gasteiger partial charge < -0.3 is 0 Å². The molecule has 0 saturated carbocycles. The molecule has 0 aromatic heterocycles. The fourth-order valence-electron chi connectivity index (χ4n) is 2.34. The average Bonchev–Trinajstić information content (AvgIpc) is 3.29. The zero-order chi connectivity index (χ0) is 15.9. The first-order chi connectivity index (χ1) is 10.4. The van der Waals surface area contributed by atoms with Crippen LogP contribution in [0.3, 0.4) is 0 Å². The third-order valence-corrected chi connectivity index (χ3v) is 5.53. The summed E-state index contributed by atoms with van der Waals surface area (Å²) in [4.78, 5) is 10.1. The van der Waals surface area contributed by atoms with Gasteiger partial charge in [-0.2, -0.15) is 4.31 Å². The van der Waals surface area contributed by atoms with E-state index in [2.05, 4.69) is 0 Å². The van der Waals surface area contributed by atoms with Gasteiger partial charge in [0.05, 0.1) is 15.9 Å². The average molecular weight is 318 g/mol. The molecule has 1 heterocycles. The van der Waals surface area contributed by atoms with Crippen molar-refractivity contribution in [3.8, 4) is 0 Å². The van der Waals surface area contributed by atoms with Crippen molar-refractivity contribution in [3.05, 3.63) is 69.8 Å². The van der Waals surface area contributed by atoms with E-state index in [0.717, 1.165) is 17.2 Å². The number of nitro groups is 1. The van der Waals surface area contributed by atoms with Crippen LogP contribution in [0.2, 0.25) is 0 Å². The van der Waals surface area contributed by atoms with Crippen molar-refractivity contribution in [1.82, 2.24) is 4.31 Å². The maximum Gasteiger partial charge on any atom is 0.270 e. The number of sulfonamides is 1. The summed E-state index contributed by atoms with van der Waals surface area (Å²) in [5, 5.41) is 10.8. The van der Waals surface area contributed by atoms with Gasteiger partial charge in [0.1, 0.15) is 0 Å². The van der Waals surface area contributed by atoms with Crippen LogP contribution in [-0.4, -0.2) is 24.2 Å². The molecule has 22 heavy (non-hydrogen) atoms. The van der Waals surface area contributed by atoms with Crippen LogP contribution in [-0.2, 0) is 10.0 Å². The second-order valence-electron chi connectivity index (χ2n) is 5.26. The first-order valence-electron chi connectivity index (χ1n) is 6.72. The van der Waals surface area contributed by atoms with E-state index in [1.54, 1.807) is 0 Å². The minimum Gasteiger partial charge on any atom is -0.258 e. The van der Waals surface area contributed by atoms with E-state index in [9.17, 15) is 18.5 Å². The van der Waals surface area contributed by atoms with E-state index >= 15 is 0 Å². The van der Waals surface area contributed by atoms with Gasteiger partial charge in [0.2, 0.25) is 10.0 Å². The quantitative estimate of drug-likeness (QED) is 0.493. The molecule has 1 fully saturated rings. The lowest BCUT2D eigenvalue weighted by Crippen LogP contribution is -2.13. The van der Waals surface area contributed by atoms with Gasteiger partial charge in [-0.15, -0.1) is 0 Å². The highest BCUT2D eigenvalue weighted by molar-refractivity contribution is 7.89. The molecule has 0 amide bonds. The zero-order valence-corrected chi connectivity index (χ0v) is 12.7. The largest absolute Gasteiger partial charge is 0.270 e. The maximum atomic E-state index is 12.5. The van der Waals surface area contributed by atoms with Crippen molar-refractivity contribution in [2.75, 3.05) is 6.54 Å². The monoisotopic (exact) mass is 318 g/mol. The fourth-order valence-corrected chi connectivity index (χ4v) is 3.93. The van der Waals surface area contributed by atoms with Crippen molar-refractivity contribution in [3.63, 3.8) is 0 Å². The summed E-state index contributed by atoms with van der Waals surface area (Å²) in [6.07, 6.45) is 0. The molecule has 114 valence electrons. The maximum absolute atomic E-state index is 12.5. The molecule has 0 N–H and O–H groups in total. The first kappa shape index (κ1) is 14.7. The molecule has 0 spiro atoms. The SMILES string of the molecule is Cc1ccc(C2CN2S(=O)(=O)c2cccc([N+](=O)[O-])c2)cc1. The van der Waals surface area contributed by atoms with Gasteiger partial charge in [0.25, 0.3) is 5.69 Å². The molecule has 0 aliphatic carbocycles. The predicted octanol–water partition coefficient (Wildman–Crippen LogP) is 2.65. The Bertz CT molecular complexity index is 831. The second kappa shape index (κ2) is 5.19. The van der Waals surface area contributed by atoms with Crippen molar-refractivity contribution >= 4 is 15.7 Å². The topological polar surface area (TPSA) is 80.3 Å². The lowest BCUT2D eigenvalue weighted by atomic mass is 10.1. The standard InChI is InChI=1S/C15H14N2O4S/c1-11-5-7-12(8-6-11)15-10-16(15)22(20,21)14-4-2-3-13(9-14)17(18)19/h2-9,15H,10H2,1H3. The highest BCUT2D eigenvalue weighted by Gasteiger charge is 2.45. The van der Waals surface area contributed by atoms with E-state index in [1.165, 1.54) is 22.5 Å². The Morgan fingerprint density at radius 2 is 1.86 bits per heavy atom. The Balaban J connectivity index is 1.87. The van der Waals surface area contributed by atoms with Crippen molar-refractivity contribution < 1.29 is 13.3 Å². The lowest BCUT2D eigenvalue weighted by Gasteiger charge is -2.06. The Hall–Kier alpha value is -2.25. The fraction of sp³-hybridized carbons (Fsp3) is 0.200. The van der Waals surface area contributed by atoms with Crippen LogP contribution in [0.1, 0.15) is 17.2 Å². The van der Waals surface area contributed by atoms with E-state index in [4.69, 9.17) is 0 Å². The Labute approximate surface area is 128 Å². The van der Waals surface area contributed by atoms with Crippen LogP contribution >= 0.6 is 0 Å². The minimum absolute atomic E-state index is 0.0451. The highest BCUT2D eigenvalue weighted by Crippen LogP contribution is 2.40. The Morgan fingerprint density at radius 1 is 1.18 bits per heavy atom. The van der Waals surface area contributed by atoms with Crippen LogP contribution in [0.25, 0.3) is 0 Å². The summed E-state index contributed by atoms with van der Waals surface area (Å²) in [6, 6.07) is 12.6. The van der Waals surface area contributed by atoms with Gasteiger partial charge in [0, 0.05) is 18.7 Å².